The molecular weight excluding hydrogens is 364 g/mol. The van der Waals surface area contributed by atoms with Gasteiger partial charge in [0.15, 0.2) is 0 Å². The minimum absolute atomic E-state index is 0.152. The zero-order valence-electron chi connectivity index (χ0n) is 20.3. The molecule has 1 aliphatic rings. The highest BCUT2D eigenvalue weighted by Crippen LogP contribution is 2.41. The summed E-state index contributed by atoms with van der Waals surface area (Å²) >= 11 is 0. The molecule has 2 aromatic rings. The van der Waals surface area contributed by atoms with Crippen LogP contribution in [0.4, 0.5) is 0 Å². The molecule has 0 saturated carbocycles. The van der Waals surface area contributed by atoms with Crippen LogP contribution in [0.15, 0.2) is 48.5 Å². The summed E-state index contributed by atoms with van der Waals surface area (Å²) in [4.78, 5) is 2.54. The van der Waals surface area contributed by atoms with Gasteiger partial charge in [-0.15, -0.1) is 0 Å². The first kappa shape index (κ1) is 23.0. The summed E-state index contributed by atoms with van der Waals surface area (Å²) in [5.41, 5.74) is 6.27. The fraction of sp³-hybridized carbons (Fsp3) is 0.571. The number of fused-ring (bicyclic) bond motifs is 1. The van der Waals surface area contributed by atoms with Gasteiger partial charge in [-0.2, -0.15) is 0 Å². The van der Waals surface area contributed by atoms with E-state index in [1.165, 1.54) is 16.7 Å². The number of likely N-dealkylation sites (N-methyl/N-ethyl adjacent to an activating group) is 1. The Balaban J connectivity index is 1.78. The molecule has 1 aliphatic carbocycles. The van der Waals surface area contributed by atoms with E-state index in [-0.39, 0.29) is 10.8 Å². The van der Waals surface area contributed by atoms with Gasteiger partial charge in [0, 0.05) is 17.5 Å². The Morgan fingerprint density at radius 1 is 1.03 bits per heavy atom. The summed E-state index contributed by atoms with van der Waals surface area (Å²) < 4.78 is 0. The molecule has 2 heteroatoms. The van der Waals surface area contributed by atoms with E-state index < -0.39 is 0 Å². The number of nitrogens with one attached hydrogen (secondary N) is 1. The van der Waals surface area contributed by atoms with Crippen molar-refractivity contribution in [2.45, 2.75) is 83.7 Å². The van der Waals surface area contributed by atoms with E-state index in [1.807, 2.05) is 0 Å². The maximum absolute atomic E-state index is 4.02. The number of hydrogen-bond donors (Lipinski definition) is 1. The molecule has 0 amide bonds. The molecule has 164 valence electrons. The summed E-state index contributed by atoms with van der Waals surface area (Å²) in [7, 11) is 2.29. The van der Waals surface area contributed by atoms with Crippen molar-refractivity contribution in [3.05, 3.63) is 70.8 Å². The fourth-order valence-electron chi connectivity index (χ4n) is 5.15. The van der Waals surface area contributed by atoms with E-state index in [9.17, 15) is 0 Å². The van der Waals surface area contributed by atoms with Crippen molar-refractivity contribution >= 4 is 0 Å². The Kier molecular flexibility index (Phi) is 7.09. The van der Waals surface area contributed by atoms with Crippen molar-refractivity contribution in [1.82, 2.24) is 10.2 Å². The predicted molar refractivity (Wildman–Crippen MR) is 131 cm³/mol. The quantitative estimate of drug-likeness (QED) is 0.632. The molecule has 1 N–H and O–H groups in total. The lowest BCUT2D eigenvalue weighted by Gasteiger charge is -2.50. The number of nitrogens with zero attached hydrogens (tertiary/aromatic N) is 1. The molecule has 30 heavy (non-hydrogen) atoms. The molecule has 0 aromatic heterocycles. The zero-order chi connectivity index (χ0) is 21.9. The summed E-state index contributed by atoms with van der Waals surface area (Å²) in [5.74, 6) is 0. The summed E-state index contributed by atoms with van der Waals surface area (Å²) in [5, 5.41) is 4.02. The van der Waals surface area contributed by atoms with Crippen molar-refractivity contribution in [1.29, 1.82) is 0 Å². The lowest BCUT2D eigenvalue weighted by atomic mass is 9.64. The monoisotopic (exact) mass is 406 g/mol. The van der Waals surface area contributed by atoms with Crippen LogP contribution in [0, 0.1) is 0 Å². The van der Waals surface area contributed by atoms with Crippen LogP contribution in [-0.2, 0) is 23.7 Å². The molecule has 0 fully saturated rings. The third-order valence-electron chi connectivity index (χ3n) is 7.53. The van der Waals surface area contributed by atoms with Crippen molar-refractivity contribution in [2.75, 3.05) is 20.1 Å². The minimum atomic E-state index is 0.152. The van der Waals surface area contributed by atoms with Crippen LogP contribution in [0.5, 0.6) is 0 Å². The van der Waals surface area contributed by atoms with Gasteiger partial charge >= 0.3 is 0 Å². The first-order valence-electron chi connectivity index (χ1n) is 11.8. The van der Waals surface area contributed by atoms with Crippen molar-refractivity contribution in [3.63, 3.8) is 0 Å². The van der Waals surface area contributed by atoms with E-state index in [0.29, 0.717) is 12.1 Å². The SMILES string of the molecule is CCN(C)[C@@H]1Cc2ccccc2[C@@](C)(CC)[C@@H]1NCCc1ccc(C(C)(C)C)cc1. The van der Waals surface area contributed by atoms with Crippen LogP contribution in [0.2, 0.25) is 0 Å². The molecule has 2 nitrogen and oxygen atoms in total. The molecule has 0 bridgehead atoms. The van der Waals surface area contributed by atoms with Gasteiger partial charge in [0.05, 0.1) is 0 Å². The molecular formula is C28H42N2. The van der Waals surface area contributed by atoms with E-state index in [2.05, 4.69) is 107 Å². The molecule has 3 atom stereocenters. The number of hydrogen-bond acceptors (Lipinski definition) is 2. The highest BCUT2D eigenvalue weighted by molar-refractivity contribution is 5.40. The molecule has 3 rings (SSSR count). The molecule has 0 saturated heterocycles. The Hall–Kier alpha value is -1.64. The topological polar surface area (TPSA) is 15.3 Å². The molecule has 0 heterocycles. The highest BCUT2D eigenvalue weighted by atomic mass is 15.2. The third-order valence-corrected chi connectivity index (χ3v) is 7.53. The predicted octanol–water partition coefficient (Wildman–Crippen LogP) is 5.73. The second-order valence-corrected chi connectivity index (χ2v) is 10.4. The summed E-state index contributed by atoms with van der Waals surface area (Å²) in [6, 6.07) is 19.3. The van der Waals surface area contributed by atoms with E-state index in [4.69, 9.17) is 0 Å². The standard InChI is InChI=1S/C28H42N2/c1-8-28(6)24-13-11-10-12-22(24)20-25(30(7)9-2)26(28)29-19-18-21-14-16-23(17-15-21)27(3,4)5/h10-17,25-26,29H,8-9,18-20H2,1-7H3/t25-,26-,28-/m1/s1. The van der Waals surface area contributed by atoms with Crippen LogP contribution >= 0.6 is 0 Å². The smallest absolute Gasteiger partial charge is 0.0320 e. The normalized spacial score (nSPS) is 24.1. The first-order chi connectivity index (χ1) is 14.2. The molecule has 0 radical (unpaired) electrons. The first-order valence-corrected chi connectivity index (χ1v) is 11.8. The zero-order valence-corrected chi connectivity index (χ0v) is 20.3. The minimum Gasteiger partial charge on any atom is -0.311 e. The number of benzene rings is 2. The maximum Gasteiger partial charge on any atom is 0.0320 e. The largest absolute Gasteiger partial charge is 0.311 e. The van der Waals surface area contributed by atoms with Gasteiger partial charge in [0.1, 0.15) is 0 Å². The summed E-state index contributed by atoms with van der Waals surface area (Å²) in [6.45, 7) is 16.0. The average Bonchev–Trinajstić information content (AvgIpc) is 2.74. The molecule has 0 aliphatic heterocycles. The van der Waals surface area contributed by atoms with Crippen molar-refractivity contribution < 1.29 is 0 Å². The van der Waals surface area contributed by atoms with E-state index in [1.54, 1.807) is 5.56 Å². The van der Waals surface area contributed by atoms with Crippen LogP contribution in [0.1, 0.15) is 70.2 Å². The third kappa shape index (κ3) is 4.65. The lowest BCUT2D eigenvalue weighted by molar-refractivity contribution is 0.129. The Bertz CT molecular complexity index is 817. The van der Waals surface area contributed by atoms with Gasteiger partial charge in [-0.05, 0) is 67.1 Å². The van der Waals surface area contributed by atoms with Gasteiger partial charge in [0.25, 0.3) is 0 Å². The average molecular weight is 407 g/mol. The summed E-state index contributed by atoms with van der Waals surface area (Å²) in [6.07, 6.45) is 3.36. The lowest BCUT2D eigenvalue weighted by Crippen LogP contribution is -2.62. The van der Waals surface area contributed by atoms with Gasteiger partial charge in [-0.3, -0.25) is 0 Å². The van der Waals surface area contributed by atoms with Crippen LogP contribution in [0.25, 0.3) is 0 Å². The van der Waals surface area contributed by atoms with Gasteiger partial charge < -0.3 is 10.2 Å². The van der Waals surface area contributed by atoms with E-state index in [0.717, 1.165) is 32.4 Å². The Labute approximate surface area is 185 Å². The maximum atomic E-state index is 4.02. The van der Waals surface area contributed by atoms with Crippen LogP contribution in [0.3, 0.4) is 0 Å². The van der Waals surface area contributed by atoms with E-state index >= 15 is 0 Å². The Morgan fingerprint density at radius 2 is 1.70 bits per heavy atom. The molecule has 2 aromatic carbocycles. The molecule has 0 spiro atoms. The van der Waals surface area contributed by atoms with Crippen molar-refractivity contribution in [3.8, 4) is 0 Å². The van der Waals surface area contributed by atoms with Crippen LogP contribution in [-0.4, -0.2) is 37.1 Å². The Morgan fingerprint density at radius 3 is 2.30 bits per heavy atom. The van der Waals surface area contributed by atoms with Gasteiger partial charge in [-0.25, -0.2) is 0 Å². The second-order valence-electron chi connectivity index (χ2n) is 10.4. The fourth-order valence-corrected chi connectivity index (χ4v) is 5.15. The van der Waals surface area contributed by atoms with Gasteiger partial charge in [0.2, 0.25) is 0 Å². The van der Waals surface area contributed by atoms with Crippen molar-refractivity contribution in [2.24, 2.45) is 0 Å². The number of rotatable bonds is 7. The second kappa shape index (κ2) is 9.24. The molecule has 0 unspecified atom stereocenters. The van der Waals surface area contributed by atoms with Gasteiger partial charge in [-0.1, -0.05) is 90.1 Å². The highest BCUT2D eigenvalue weighted by Gasteiger charge is 2.45. The van der Waals surface area contributed by atoms with Crippen LogP contribution < -0.4 is 5.32 Å².